The summed E-state index contributed by atoms with van der Waals surface area (Å²) < 4.78 is 29.5. The van der Waals surface area contributed by atoms with E-state index in [0.29, 0.717) is 34.9 Å². The van der Waals surface area contributed by atoms with Gasteiger partial charge in [-0.3, -0.25) is 9.59 Å². The molecule has 3 aromatic rings. The van der Waals surface area contributed by atoms with E-state index in [1.807, 2.05) is 12.1 Å². The number of hydrogen-bond acceptors (Lipinski definition) is 6. The SMILES string of the molecule is COc1ccc(C(=O)N(C)CC(=O)N2N=C(c3ccc(F)cc3)CC2c2ccc3c(c2)OCO3)cc1. The molecule has 0 aromatic heterocycles. The number of carbonyl (C=O) groups excluding carboxylic acids is 2. The lowest BCUT2D eigenvalue weighted by molar-refractivity contribution is -0.133. The van der Waals surface area contributed by atoms with Crippen LogP contribution in [0.15, 0.2) is 71.8 Å². The number of ether oxygens (including phenoxy) is 3. The van der Waals surface area contributed by atoms with Crippen molar-refractivity contribution in [2.24, 2.45) is 5.10 Å². The van der Waals surface area contributed by atoms with E-state index in [-0.39, 0.29) is 31.0 Å². The van der Waals surface area contributed by atoms with Crippen molar-refractivity contribution in [2.45, 2.75) is 12.5 Å². The third-order valence-corrected chi connectivity index (χ3v) is 6.18. The Balaban J connectivity index is 1.39. The summed E-state index contributed by atoms with van der Waals surface area (Å²) in [6, 6.07) is 17.8. The lowest BCUT2D eigenvalue weighted by Crippen LogP contribution is -2.39. The summed E-state index contributed by atoms with van der Waals surface area (Å²) in [6.45, 7) is -0.0339. The molecule has 36 heavy (non-hydrogen) atoms. The Morgan fingerprint density at radius 3 is 2.50 bits per heavy atom. The molecule has 1 atom stereocenters. The van der Waals surface area contributed by atoms with Gasteiger partial charge in [0.1, 0.15) is 18.1 Å². The Hall–Kier alpha value is -4.40. The minimum Gasteiger partial charge on any atom is -0.497 e. The monoisotopic (exact) mass is 489 g/mol. The van der Waals surface area contributed by atoms with Gasteiger partial charge in [0.15, 0.2) is 11.5 Å². The number of amides is 2. The minimum atomic E-state index is -0.420. The molecule has 3 aromatic carbocycles. The van der Waals surface area contributed by atoms with E-state index in [1.165, 1.54) is 22.0 Å². The molecular formula is C27H24FN3O5. The first-order valence-electron chi connectivity index (χ1n) is 11.4. The van der Waals surface area contributed by atoms with Crippen LogP contribution in [0.2, 0.25) is 0 Å². The molecule has 0 aliphatic carbocycles. The summed E-state index contributed by atoms with van der Waals surface area (Å²) in [7, 11) is 3.12. The van der Waals surface area contributed by atoms with Crippen LogP contribution in [0.4, 0.5) is 4.39 Å². The third-order valence-electron chi connectivity index (χ3n) is 6.18. The van der Waals surface area contributed by atoms with Crippen molar-refractivity contribution in [2.75, 3.05) is 27.5 Å². The van der Waals surface area contributed by atoms with Crippen LogP contribution >= 0.6 is 0 Å². The second kappa shape index (κ2) is 9.69. The van der Waals surface area contributed by atoms with Crippen LogP contribution in [0.5, 0.6) is 17.2 Å². The van der Waals surface area contributed by atoms with Crippen molar-refractivity contribution in [3.63, 3.8) is 0 Å². The first kappa shape index (κ1) is 23.3. The summed E-state index contributed by atoms with van der Waals surface area (Å²) in [5.41, 5.74) is 2.63. The normalized spacial score (nSPS) is 16.0. The molecular weight excluding hydrogens is 465 g/mol. The predicted octanol–water partition coefficient (Wildman–Crippen LogP) is 4.01. The minimum absolute atomic E-state index is 0.141. The average Bonchev–Trinajstić information content (AvgIpc) is 3.56. The van der Waals surface area contributed by atoms with E-state index < -0.39 is 6.04 Å². The van der Waals surface area contributed by atoms with Crippen LogP contribution in [-0.2, 0) is 4.79 Å². The number of benzene rings is 3. The zero-order valence-electron chi connectivity index (χ0n) is 19.8. The van der Waals surface area contributed by atoms with Crippen LogP contribution < -0.4 is 14.2 Å². The molecule has 1 unspecified atom stereocenters. The molecule has 9 heteroatoms. The zero-order valence-corrected chi connectivity index (χ0v) is 19.8. The molecule has 0 spiro atoms. The first-order chi connectivity index (χ1) is 17.4. The number of rotatable bonds is 6. The number of hydrogen-bond donors (Lipinski definition) is 0. The van der Waals surface area contributed by atoms with Gasteiger partial charge in [-0.15, -0.1) is 0 Å². The fourth-order valence-corrected chi connectivity index (χ4v) is 4.24. The van der Waals surface area contributed by atoms with Gasteiger partial charge in [0.05, 0.1) is 18.9 Å². The Bertz CT molecular complexity index is 1320. The van der Waals surface area contributed by atoms with Gasteiger partial charge in [0, 0.05) is 19.0 Å². The number of carbonyl (C=O) groups is 2. The quantitative estimate of drug-likeness (QED) is 0.523. The molecule has 0 bridgehead atoms. The number of likely N-dealkylation sites (N-methyl/N-ethyl adjacent to an activating group) is 1. The van der Waals surface area contributed by atoms with E-state index in [9.17, 15) is 14.0 Å². The van der Waals surface area contributed by atoms with Crippen molar-refractivity contribution in [1.29, 1.82) is 0 Å². The third kappa shape index (κ3) is 4.59. The molecule has 2 heterocycles. The van der Waals surface area contributed by atoms with Crippen LogP contribution in [0, 0.1) is 5.82 Å². The van der Waals surface area contributed by atoms with Gasteiger partial charge in [-0.1, -0.05) is 18.2 Å². The Labute approximate surface area is 207 Å². The topological polar surface area (TPSA) is 80.7 Å². The van der Waals surface area contributed by atoms with Gasteiger partial charge >= 0.3 is 0 Å². The van der Waals surface area contributed by atoms with E-state index in [0.717, 1.165) is 11.1 Å². The Kier molecular flexibility index (Phi) is 6.28. The summed E-state index contributed by atoms with van der Waals surface area (Å²) in [6.07, 6.45) is 0.424. The lowest BCUT2D eigenvalue weighted by atomic mass is 9.98. The van der Waals surface area contributed by atoms with E-state index in [2.05, 4.69) is 5.10 Å². The largest absolute Gasteiger partial charge is 0.497 e. The maximum absolute atomic E-state index is 13.5. The Morgan fingerprint density at radius 1 is 1.06 bits per heavy atom. The molecule has 8 nitrogen and oxygen atoms in total. The lowest BCUT2D eigenvalue weighted by Gasteiger charge is -2.25. The van der Waals surface area contributed by atoms with Gasteiger partial charge in [-0.2, -0.15) is 5.10 Å². The zero-order chi connectivity index (χ0) is 25.2. The highest BCUT2D eigenvalue weighted by Gasteiger charge is 2.35. The van der Waals surface area contributed by atoms with Crippen LogP contribution in [0.25, 0.3) is 0 Å². The van der Waals surface area contributed by atoms with Crippen LogP contribution in [-0.4, -0.2) is 54.9 Å². The molecule has 0 saturated carbocycles. The van der Waals surface area contributed by atoms with Crippen molar-refractivity contribution in [3.8, 4) is 17.2 Å². The molecule has 0 fully saturated rings. The highest BCUT2D eigenvalue weighted by Crippen LogP contribution is 2.39. The van der Waals surface area contributed by atoms with Crippen LogP contribution in [0.1, 0.15) is 33.9 Å². The average molecular weight is 490 g/mol. The number of hydrazone groups is 1. The maximum atomic E-state index is 13.5. The molecule has 0 saturated heterocycles. The van der Waals surface area contributed by atoms with Crippen molar-refractivity contribution in [3.05, 3.63) is 89.2 Å². The number of halogens is 1. The number of fused-ring (bicyclic) bond motifs is 1. The van der Waals surface area contributed by atoms with E-state index >= 15 is 0 Å². The van der Waals surface area contributed by atoms with Crippen LogP contribution in [0.3, 0.4) is 0 Å². The second-order valence-corrected chi connectivity index (χ2v) is 8.51. The fraction of sp³-hybridized carbons (Fsp3) is 0.222. The molecule has 2 aliphatic rings. The molecule has 2 aliphatic heterocycles. The van der Waals surface area contributed by atoms with Gasteiger partial charge in [0.25, 0.3) is 11.8 Å². The predicted molar refractivity (Wildman–Crippen MR) is 130 cm³/mol. The van der Waals surface area contributed by atoms with Gasteiger partial charge in [-0.05, 0) is 59.7 Å². The first-order valence-corrected chi connectivity index (χ1v) is 11.4. The van der Waals surface area contributed by atoms with E-state index in [1.54, 1.807) is 56.6 Å². The second-order valence-electron chi connectivity index (χ2n) is 8.51. The highest BCUT2D eigenvalue weighted by molar-refractivity contribution is 6.03. The van der Waals surface area contributed by atoms with Gasteiger partial charge in [0.2, 0.25) is 6.79 Å². The summed E-state index contributed by atoms with van der Waals surface area (Å²) in [5.74, 6) is 0.876. The fourth-order valence-electron chi connectivity index (χ4n) is 4.24. The van der Waals surface area contributed by atoms with Crippen molar-refractivity contribution in [1.82, 2.24) is 9.91 Å². The summed E-state index contributed by atoms with van der Waals surface area (Å²) in [5, 5.41) is 6.00. The smallest absolute Gasteiger partial charge is 0.262 e. The summed E-state index contributed by atoms with van der Waals surface area (Å²) >= 11 is 0. The molecule has 184 valence electrons. The molecule has 0 radical (unpaired) electrons. The van der Waals surface area contributed by atoms with Crippen molar-refractivity contribution < 1.29 is 28.2 Å². The highest BCUT2D eigenvalue weighted by atomic mass is 19.1. The summed E-state index contributed by atoms with van der Waals surface area (Å²) in [4.78, 5) is 27.7. The number of nitrogens with zero attached hydrogens (tertiary/aromatic N) is 3. The standard InChI is InChI=1S/C27H24FN3O5/c1-30(27(33)18-5-10-21(34-2)11-6-18)15-26(32)31-23(19-7-12-24-25(13-19)36-16-35-24)14-22(29-31)17-3-8-20(28)9-4-17/h3-13,23H,14-16H2,1-2H3. The van der Waals surface area contributed by atoms with Gasteiger partial charge in [-0.25, -0.2) is 9.40 Å². The molecule has 2 amide bonds. The van der Waals surface area contributed by atoms with Crippen molar-refractivity contribution >= 4 is 17.5 Å². The number of methoxy groups -OCH3 is 1. The molecule has 5 rings (SSSR count). The van der Waals surface area contributed by atoms with E-state index in [4.69, 9.17) is 14.2 Å². The van der Waals surface area contributed by atoms with Gasteiger partial charge < -0.3 is 19.1 Å². The maximum Gasteiger partial charge on any atom is 0.262 e. The molecule has 0 N–H and O–H groups in total. The Morgan fingerprint density at radius 2 is 1.78 bits per heavy atom.